The summed E-state index contributed by atoms with van der Waals surface area (Å²) < 4.78 is 2.08. The van der Waals surface area contributed by atoms with Gasteiger partial charge in [0, 0.05) is 41.6 Å². The zero-order valence-corrected chi connectivity index (χ0v) is 24.6. The van der Waals surface area contributed by atoms with Crippen molar-refractivity contribution in [3.05, 3.63) is 70.4 Å². The summed E-state index contributed by atoms with van der Waals surface area (Å²) in [6.07, 6.45) is 2.14. The molecule has 160 valence electrons. The van der Waals surface area contributed by atoms with Crippen LogP contribution in [0.5, 0.6) is 0 Å². The molecule has 2 heterocycles. The van der Waals surface area contributed by atoms with E-state index in [4.69, 9.17) is 0 Å². The van der Waals surface area contributed by atoms with Crippen LogP contribution in [-0.2, 0) is 10.8 Å². The van der Waals surface area contributed by atoms with Crippen molar-refractivity contribution in [2.24, 2.45) is 0 Å². The molecule has 0 bridgehead atoms. The third-order valence-electron chi connectivity index (χ3n) is 6.81. The zero-order valence-electron chi connectivity index (χ0n) is 20.6. The van der Waals surface area contributed by atoms with E-state index in [1.165, 1.54) is 0 Å². The molecule has 0 unspecified atom stereocenters. The van der Waals surface area contributed by atoms with E-state index < -0.39 is 22.8 Å². The largest absolute Gasteiger partial charge is 1.00 e. The van der Waals surface area contributed by atoms with Crippen LogP contribution in [0.3, 0.4) is 0 Å². The first kappa shape index (κ1) is 27.8. The number of carboxylic acid groups (broad SMARTS) is 2. The van der Waals surface area contributed by atoms with Gasteiger partial charge in [0.05, 0.1) is 17.4 Å². The molecular formula is C25H25N2Na2O4+. The van der Waals surface area contributed by atoms with Gasteiger partial charge in [-0.1, -0.05) is 19.9 Å². The number of carbonyl (C=O) groups excluding carboxylic acids is 2. The molecular weight excluding hydrogens is 438 g/mol. The average Bonchev–Trinajstić information content (AvgIpc) is 3.01. The van der Waals surface area contributed by atoms with Gasteiger partial charge in [0.2, 0.25) is 5.69 Å². The average molecular weight is 463 g/mol. The second kappa shape index (κ2) is 9.33. The van der Waals surface area contributed by atoms with E-state index >= 15 is 0 Å². The van der Waals surface area contributed by atoms with Gasteiger partial charge in [0.25, 0.3) is 0 Å². The maximum atomic E-state index is 11.4. The number of hydrogen-bond donors (Lipinski definition) is 0. The number of nitrogens with zero attached hydrogens (tertiary/aromatic N) is 2. The Bertz CT molecular complexity index is 1230. The Labute approximate surface area is 238 Å². The number of carbonyl (C=O) groups is 2. The molecule has 0 aliphatic carbocycles. The van der Waals surface area contributed by atoms with E-state index in [0.29, 0.717) is 0 Å². The molecule has 2 aliphatic rings. The van der Waals surface area contributed by atoms with E-state index in [1.807, 2.05) is 26.2 Å². The molecule has 33 heavy (non-hydrogen) atoms. The Morgan fingerprint density at radius 1 is 0.879 bits per heavy atom. The molecule has 2 aromatic rings. The van der Waals surface area contributed by atoms with Gasteiger partial charge < -0.3 is 24.7 Å². The maximum absolute atomic E-state index is 11.4. The molecule has 0 spiro atoms. The quantitative estimate of drug-likeness (QED) is 0.340. The predicted molar refractivity (Wildman–Crippen MR) is 115 cm³/mol. The Hall–Kier alpha value is -1.41. The monoisotopic (exact) mass is 463 g/mol. The number of aromatic carboxylic acids is 2. The smallest absolute Gasteiger partial charge is 0.545 e. The number of carboxylic acids is 2. The van der Waals surface area contributed by atoms with Crippen molar-refractivity contribution in [2.75, 3.05) is 19.0 Å². The molecule has 0 N–H and O–H groups in total. The Kier molecular flexibility index (Phi) is 7.87. The summed E-state index contributed by atoms with van der Waals surface area (Å²) in [7, 11) is 3.95. The molecule has 0 radical (unpaired) electrons. The Balaban J connectivity index is 0.00000193. The number of allylic oxidation sites excluding steroid dienone is 2. The van der Waals surface area contributed by atoms with Gasteiger partial charge >= 0.3 is 59.1 Å². The normalized spacial score (nSPS) is 18.4. The van der Waals surface area contributed by atoms with E-state index in [2.05, 4.69) is 43.2 Å². The molecule has 0 saturated carbocycles. The number of anilines is 1. The molecule has 0 amide bonds. The van der Waals surface area contributed by atoms with Crippen LogP contribution in [0.2, 0.25) is 0 Å². The van der Waals surface area contributed by atoms with Crippen molar-refractivity contribution in [2.45, 2.75) is 38.5 Å². The van der Waals surface area contributed by atoms with Crippen LogP contribution in [0.15, 0.2) is 48.2 Å². The molecule has 6 nitrogen and oxygen atoms in total. The van der Waals surface area contributed by atoms with Gasteiger partial charge in [-0.15, -0.1) is 0 Å². The summed E-state index contributed by atoms with van der Waals surface area (Å²) in [5.74, 6) is -2.38. The minimum Gasteiger partial charge on any atom is -0.545 e. The molecule has 8 heteroatoms. The van der Waals surface area contributed by atoms with Gasteiger partial charge in [-0.3, -0.25) is 0 Å². The fourth-order valence-electron chi connectivity index (χ4n) is 4.97. The summed E-state index contributed by atoms with van der Waals surface area (Å²) >= 11 is 0. The summed E-state index contributed by atoms with van der Waals surface area (Å²) in [6.45, 7) is 8.29. The topological polar surface area (TPSA) is 86.5 Å². The van der Waals surface area contributed by atoms with E-state index in [-0.39, 0.29) is 70.2 Å². The van der Waals surface area contributed by atoms with Crippen molar-refractivity contribution in [3.8, 4) is 0 Å². The summed E-state index contributed by atoms with van der Waals surface area (Å²) in [5, 5.41) is 22.8. The van der Waals surface area contributed by atoms with Crippen molar-refractivity contribution < 1.29 is 83.5 Å². The van der Waals surface area contributed by atoms with Gasteiger partial charge in [-0.2, -0.15) is 4.58 Å². The molecule has 0 fully saturated rings. The van der Waals surface area contributed by atoms with E-state index in [1.54, 1.807) is 24.3 Å². The van der Waals surface area contributed by atoms with Crippen LogP contribution < -0.4 is 74.2 Å². The Morgan fingerprint density at radius 2 is 1.39 bits per heavy atom. The van der Waals surface area contributed by atoms with Crippen LogP contribution in [0, 0.1) is 0 Å². The minimum atomic E-state index is -1.19. The minimum absolute atomic E-state index is 0. The molecule has 2 aromatic carbocycles. The maximum Gasteiger partial charge on any atom is 1.00 e. The summed E-state index contributed by atoms with van der Waals surface area (Å²) in [5.41, 5.74) is 5.30. The zero-order chi connectivity index (χ0) is 22.9. The second-order valence-electron chi connectivity index (χ2n) is 9.32. The first-order valence-electron chi connectivity index (χ1n) is 10.2. The van der Waals surface area contributed by atoms with Gasteiger partial charge in [0.15, 0.2) is 5.71 Å². The number of fused-ring (bicyclic) bond motifs is 2. The van der Waals surface area contributed by atoms with Crippen molar-refractivity contribution >= 4 is 29.0 Å². The predicted octanol–water partition coefficient (Wildman–Crippen LogP) is -4.26. The van der Waals surface area contributed by atoms with Crippen LogP contribution in [0.4, 0.5) is 11.4 Å². The van der Waals surface area contributed by atoms with Gasteiger partial charge in [-0.25, -0.2) is 0 Å². The van der Waals surface area contributed by atoms with Gasteiger partial charge in [0.1, 0.15) is 7.05 Å². The van der Waals surface area contributed by atoms with Crippen LogP contribution in [0.1, 0.15) is 59.5 Å². The standard InChI is InChI=1S/C25H26N2O4.2Na/c1-24(2)16-11-14(22(28)29)7-9-18(16)26(5)20(24)13-21-25(3,4)17-12-15(23(30)31)8-10-19(17)27(21)6;;/h7-13H,1-6H3,(H-,28,29,30,31);;/q;2*+1/p-1. The van der Waals surface area contributed by atoms with Crippen molar-refractivity contribution in [1.82, 2.24) is 0 Å². The fraction of sp³-hybridized carbons (Fsp3) is 0.320. The summed E-state index contributed by atoms with van der Waals surface area (Å²) in [4.78, 5) is 24.9. The number of hydrogen-bond acceptors (Lipinski definition) is 5. The third-order valence-corrected chi connectivity index (χ3v) is 6.81. The second-order valence-corrected chi connectivity index (χ2v) is 9.32. The van der Waals surface area contributed by atoms with Gasteiger partial charge in [-0.05, 0) is 54.8 Å². The van der Waals surface area contributed by atoms with Crippen LogP contribution in [0.25, 0.3) is 0 Å². The van der Waals surface area contributed by atoms with Crippen molar-refractivity contribution in [1.29, 1.82) is 0 Å². The number of rotatable bonds is 3. The third kappa shape index (κ3) is 4.26. The molecule has 0 aromatic heterocycles. The first-order valence-corrected chi connectivity index (χ1v) is 10.2. The SMILES string of the molecule is CN1C(=CC2=[N+](C)c3ccc(C(=O)[O-])cc3C2(C)C)C(C)(C)c2cc(C(=O)[O-])ccc21.[Na+].[Na+]. The Morgan fingerprint density at radius 3 is 1.94 bits per heavy atom. The van der Waals surface area contributed by atoms with Crippen LogP contribution >= 0.6 is 0 Å². The number of likely N-dealkylation sites (N-methyl/N-ethyl adjacent to an activating group) is 1. The molecule has 0 saturated heterocycles. The van der Waals surface area contributed by atoms with Crippen LogP contribution in [-0.4, -0.2) is 36.3 Å². The number of benzene rings is 2. The van der Waals surface area contributed by atoms with Crippen molar-refractivity contribution in [3.63, 3.8) is 0 Å². The molecule has 2 aliphatic heterocycles. The fourth-order valence-corrected chi connectivity index (χ4v) is 4.97. The summed E-state index contributed by atoms with van der Waals surface area (Å²) in [6, 6.07) is 10.2. The molecule has 4 rings (SSSR count). The van der Waals surface area contributed by atoms with E-state index in [9.17, 15) is 19.8 Å². The molecule has 0 atom stereocenters. The first-order chi connectivity index (χ1) is 14.4. The van der Waals surface area contributed by atoms with E-state index in [0.717, 1.165) is 33.9 Å².